The van der Waals surface area contributed by atoms with Crippen LogP contribution in [0, 0.1) is 50.6 Å². The fraction of sp³-hybridized carbons (Fsp3) is 0.333. The minimum Gasteiger partial charge on any atom is -0.677 e. The van der Waals surface area contributed by atoms with E-state index in [-0.39, 0.29) is 66.3 Å². The number of unbranched alkanes of at least 4 members (excludes halogenated alkanes) is 1. The molecule has 1 aliphatic carbocycles. The molecule has 0 unspecified atom stereocenters. The largest absolute Gasteiger partial charge is 0.677 e. The molecule has 0 aromatic carbocycles. The molecule has 0 saturated heterocycles. The van der Waals surface area contributed by atoms with Gasteiger partial charge < -0.3 is 50.3 Å². The van der Waals surface area contributed by atoms with Gasteiger partial charge in [-0.25, -0.2) is 12.2 Å². The quantitative estimate of drug-likeness (QED) is 0.446. The summed E-state index contributed by atoms with van der Waals surface area (Å²) in [4.78, 5) is 0. The first-order valence-corrected chi connectivity index (χ1v) is 3.78. The molecule has 0 spiro atoms. The molecule has 1 aliphatic rings. The zero-order valence-electron chi connectivity index (χ0n) is 13.1. The van der Waals surface area contributed by atoms with Gasteiger partial charge in [0.05, 0.1) is 0 Å². The molecule has 0 atom stereocenters. The SMILES string of the molecule is CCCC[NH-].[C-]1=CC=CC1.[CH3-].[CH3-].[CH3-].[CH3-].[CH3-].[CH3-].[Ti]. The molecule has 0 bridgehead atoms. The third-order valence-electron chi connectivity index (χ3n) is 1.12. The molecule has 0 aromatic rings. The molecular weight excluding hydrogens is 242 g/mol. The zero-order valence-corrected chi connectivity index (χ0v) is 14.6. The Morgan fingerprint density at radius 2 is 1.53 bits per heavy atom. The molecule has 0 amide bonds. The predicted octanol–water partition coefficient (Wildman–Crippen LogP) is 5.84. The molecule has 0 aliphatic heterocycles. The maximum absolute atomic E-state index is 6.60. The number of nitrogens with one attached hydrogen (secondary N) is 1. The molecule has 2 heteroatoms. The third-order valence-corrected chi connectivity index (χ3v) is 1.12. The van der Waals surface area contributed by atoms with Crippen molar-refractivity contribution in [3.8, 4) is 0 Å². The van der Waals surface area contributed by atoms with Crippen molar-refractivity contribution in [3.63, 3.8) is 0 Å². The average molecular weight is 275 g/mol. The molecule has 0 aromatic heterocycles. The average Bonchev–Trinajstić information content (AvgIpc) is 2.44. The van der Waals surface area contributed by atoms with Gasteiger partial charge in [-0.3, -0.25) is 6.08 Å². The van der Waals surface area contributed by atoms with E-state index in [1.807, 2.05) is 12.2 Å². The van der Waals surface area contributed by atoms with Gasteiger partial charge in [0.15, 0.2) is 0 Å². The summed E-state index contributed by atoms with van der Waals surface area (Å²) in [6.07, 6.45) is 12.2. The molecule has 1 N–H and O–H groups in total. The Morgan fingerprint density at radius 1 is 1.06 bits per heavy atom. The van der Waals surface area contributed by atoms with E-state index in [0.29, 0.717) is 6.54 Å². The molecule has 0 radical (unpaired) electrons. The first-order valence-electron chi connectivity index (χ1n) is 3.78. The van der Waals surface area contributed by atoms with Crippen LogP contribution in [-0.2, 0) is 21.7 Å². The van der Waals surface area contributed by atoms with E-state index in [0.717, 1.165) is 19.3 Å². The van der Waals surface area contributed by atoms with Gasteiger partial charge in [0.1, 0.15) is 0 Å². The number of allylic oxidation sites excluding steroid dienone is 4. The van der Waals surface area contributed by atoms with Crippen LogP contribution in [0.1, 0.15) is 26.2 Å². The van der Waals surface area contributed by atoms with Gasteiger partial charge in [0.2, 0.25) is 0 Å². The van der Waals surface area contributed by atoms with Crippen molar-refractivity contribution < 1.29 is 21.7 Å². The van der Waals surface area contributed by atoms with Crippen LogP contribution in [0.2, 0.25) is 0 Å². The zero-order chi connectivity index (χ0) is 7.66. The summed E-state index contributed by atoms with van der Waals surface area (Å²) < 4.78 is 0. The second-order valence-corrected chi connectivity index (χ2v) is 2.11. The molecule has 0 heterocycles. The third kappa shape index (κ3) is 63.2. The Kier molecular flexibility index (Phi) is 175. The molecular formula is C15H33NTi-8. The summed E-state index contributed by atoms with van der Waals surface area (Å²) in [6, 6.07) is 0. The van der Waals surface area contributed by atoms with Gasteiger partial charge in [0.25, 0.3) is 0 Å². The normalized spacial score (nSPS) is 7.65. The summed E-state index contributed by atoms with van der Waals surface area (Å²) in [6.45, 7) is 2.69. The van der Waals surface area contributed by atoms with E-state index in [4.69, 9.17) is 5.73 Å². The van der Waals surface area contributed by atoms with Crippen LogP contribution in [0.25, 0.3) is 5.73 Å². The number of rotatable bonds is 2. The van der Waals surface area contributed by atoms with E-state index < -0.39 is 0 Å². The standard InChI is InChI=1S/C5H5.C4H10N.6CH3.Ti/c1-2-4-5-3-1;1-2-3-4-5;;;;;;;/h1-3H,4H2;5H,2-4H2,1H3;6*1H3;/q8*-1;. The molecule has 17 heavy (non-hydrogen) atoms. The van der Waals surface area contributed by atoms with Crippen LogP contribution in [0.15, 0.2) is 18.2 Å². The Labute approximate surface area is 129 Å². The van der Waals surface area contributed by atoms with E-state index in [2.05, 4.69) is 19.1 Å². The summed E-state index contributed by atoms with van der Waals surface area (Å²) in [5.74, 6) is 0. The van der Waals surface area contributed by atoms with Crippen molar-refractivity contribution in [1.29, 1.82) is 0 Å². The second kappa shape index (κ2) is 55.8. The van der Waals surface area contributed by atoms with Crippen molar-refractivity contribution in [3.05, 3.63) is 74.6 Å². The topological polar surface area (TPSA) is 23.8 Å². The maximum atomic E-state index is 6.60. The van der Waals surface area contributed by atoms with Gasteiger partial charge in [-0.2, -0.15) is 12.6 Å². The Morgan fingerprint density at radius 3 is 1.59 bits per heavy atom. The van der Waals surface area contributed by atoms with E-state index in [1.54, 1.807) is 0 Å². The van der Waals surface area contributed by atoms with Crippen molar-refractivity contribution in [2.75, 3.05) is 6.54 Å². The number of hydrogen-bond acceptors (Lipinski definition) is 0. The van der Waals surface area contributed by atoms with Gasteiger partial charge in [0, 0.05) is 21.7 Å². The van der Waals surface area contributed by atoms with Crippen LogP contribution >= 0.6 is 0 Å². The minimum atomic E-state index is 0. The first-order chi connectivity index (χ1) is 4.91. The van der Waals surface area contributed by atoms with E-state index in [9.17, 15) is 0 Å². The summed E-state index contributed by atoms with van der Waals surface area (Å²) in [5.41, 5.74) is 6.60. The molecule has 0 fully saturated rings. The summed E-state index contributed by atoms with van der Waals surface area (Å²) in [5, 5.41) is 0. The monoisotopic (exact) mass is 275 g/mol. The maximum Gasteiger partial charge on any atom is 0 e. The fourth-order valence-electron chi connectivity index (χ4n) is 0.517. The minimum absolute atomic E-state index is 0. The Balaban J connectivity index is -0.0000000112. The van der Waals surface area contributed by atoms with Gasteiger partial charge >= 0.3 is 0 Å². The van der Waals surface area contributed by atoms with Crippen molar-refractivity contribution in [2.24, 2.45) is 0 Å². The van der Waals surface area contributed by atoms with Crippen LogP contribution < -0.4 is 0 Å². The number of hydrogen-bond donors (Lipinski definition) is 0. The first kappa shape index (κ1) is 53.4. The van der Waals surface area contributed by atoms with E-state index in [1.165, 1.54) is 0 Å². The van der Waals surface area contributed by atoms with Crippen LogP contribution in [0.4, 0.5) is 0 Å². The molecule has 1 nitrogen and oxygen atoms in total. The Hall–Kier alpha value is 0.154. The van der Waals surface area contributed by atoms with Gasteiger partial charge in [-0.1, -0.05) is 19.8 Å². The van der Waals surface area contributed by atoms with Gasteiger partial charge in [-0.15, -0.1) is 6.42 Å². The molecule has 1 rings (SSSR count). The van der Waals surface area contributed by atoms with Crippen molar-refractivity contribution in [2.45, 2.75) is 26.2 Å². The predicted molar refractivity (Wildman–Crippen MR) is 84.2 cm³/mol. The van der Waals surface area contributed by atoms with Crippen LogP contribution in [-0.4, -0.2) is 6.54 Å². The summed E-state index contributed by atoms with van der Waals surface area (Å²) in [7, 11) is 0. The second-order valence-electron chi connectivity index (χ2n) is 2.11. The Bertz CT molecular complexity index is 97.5. The van der Waals surface area contributed by atoms with Crippen LogP contribution in [0.3, 0.4) is 0 Å². The van der Waals surface area contributed by atoms with Crippen LogP contribution in [0.5, 0.6) is 0 Å². The van der Waals surface area contributed by atoms with Crippen molar-refractivity contribution in [1.82, 2.24) is 0 Å². The van der Waals surface area contributed by atoms with E-state index >= 15 is 0 Å². The molecule has 110 valence electrons. The van der Waals surface area contributed by atoms with Crippen molar-refractivity contribution >= 4 is 0 Å². The fourth-order valence-corrected chi connectivity index (χ4v) is 0.517. The summed E-state index contributed by atoms with van der Waals surface area (Å²) >= 11 is 0. The molecule has 0 saturated carbocycles. The van der Waals surface area contributed by atoms with Gasteiger partial charge in [-0.05, 0) is 0 Å². The smallest absolute Gasteiger partial charge is 0 e.